The average Bonchev–Trinajstić information content (AvgIpc) is 2.39. The minimum atomic E-state index is -0.782. The monoisotopic (exact) mass is 388 g/mol. The maximum atomic E-state index is 12.1. The quantitative estimate of drug-likeness (QED) is 0.766. The Bertz CT molecular complexity index is 525. The van der Waals surface area contributed by atoms with E-state index in [0.717, 1.165) is 9.26 Å². The molecule has 0 atom stereocenters. The molecule has 0 spiro atoms. The van der Waals surface area contributed by atoms with Gasteiger partial charge in [-0.3, -0.25) is 4.79 Å². The van der Waals surface area contributed by atoms with E-state index in [0.29, 0.717) is 25.9 Å². The summed E-state index contributed by atoms with van der Waals surface area (Å²) < 4.78 is 1.05. The zero-order chi connectivity index (χ0) is 14.8. The van der Waals surface area contributed by atoms with E-state index in [1.807, 2.05) is 24.3 Å². The minimum Gasteiger partial charge on any atom is -0.481 e. The molecule has 1 aliphatic rings. The van der Waals surface area contributed by atoms with Crippen LogP contribution in [0.3, 0.4) is 0 Å². The van der Waals surface area contributed by atoms with Gasteiger partial charge in [-0.15, -0.1) is 0 Å². The van der Waals surface area contributed by atoms with Gasteiger partial charge in [-0.1, -0.05) is 6.07 Å². The van der Waals surface area contributed by atoms with Crippen molar-refractivity contribution in [2.75, 3.05) is 18.4 Å². The molecule has 1 fully saturated rings. The van der Waals surface area contributed by atoms with Crippen LogP contribution in [-0.2, 0) is 4.79 Å². The summed E-state index contributed by atoms with van der Waals surface area (Å²) in [5.41, 5.74) is 0.0484. The number of piperidine rings is 1. The van der Waals surface area contributed by atoms with Gasteiger partial charge in [-0.25, -0.2) is 4.79 Å². The maximum absolute atomic E-state index is 12.1. The van der Waals surface area contributed by atoms with E-state index in [2.05, 4.69) is 27.9 Å². The molecule has 0 bridgehead atoms. The molecule has 0 saturated carbocycles. The highest BCUT2D eigenvalue weighted by atomic mass is 127. The van der Waals surface area contributed by atoms with E-state index >= 15 is 0 Å². The van der Waals surface area contributed by atoms with Gasteiger partial charge in [0.15, 0.2) is 0 Å². The summed E-state index contributed by atoms with van der Waals surface area (Å²) in [7, 11) is 0. The lowest BCUT2D eigenvalue weighted by Gasteiger charge is -2.36. The van der Waals surface area contributed by atoms with Crippen LogP contribution in [0.2, 0.25) is 0 Å². The summed E-state index contributed by atoms with van der Waals surface area (Å²) in [6.45, 7) is 2.68. The molecule has 1 aromatic rings. The molecule has 0 aliphatic carbocycles. The number of likely N-dealkylation sites (tertiary alicyclic amines) is 1. The van der Waals surface area contributed by atoms with Crippen LogP contribution in [0.15, 0.2) is 24.3 Å². The number of carbonyl (C=O) groups is 2. The van der Waals surface area contributed by atoms with Gasteiger partial charge in [0.05, 0.1) is 5.41 Å². The predicted octanol–water partition coefficient (Wildman–Crippen LogP) is 3.01. The van der Waals surface area contributed by atoms with E-state index in [1.165, 1.54) is 0 Å². The van der Waals surface area contributed by atoms with Gasteiger partial charge in [0, 0.05) is 22.3 Å². The molecule has 2 rings (SSSR count). The number of nitrogens with one attached hydrogen (secondary N) is 1. The van der Waals surface area contributed by atoms with Crippen molar-refractivity contribution in [3.8, 4) is 0 Å². The van der Waals surface area contributed by atoms with Crippen LogP contribution in [0.5, 0.6) is 0 Å². The zero-order valence-electron chi connectivity index (χ0n) is 11.2. The van der Waals surface area contributed by atoms with Gasteiger partial charge in [0.1, 0.15) is 0 Å². The summed E-state index contributed by atoms with van der Waals surface area (Å²) in [6.07, 6.45) is 0.976. The molecule has 108 valence electrons. The van der Waals surface area contributed by atoms with E-state index in [-0.39, 0.29) is 6.03 Å². The SMILES string of the molecule is CC1(C(=O)O)CCN(C(=O)Nc2cccc(I)c2)CC1. The van der Waals surface area contributed by atoms with Crippen molar-refractivity contribution in [3.05, 3.63) is 27.8 Å². The summed E-state index contributed by atoms with van der Waals surface area (Å²) in [5, 5.41) is 12.0. The molecule has 20 heavy (non-hydrogen) atoms. The topological polar surface area (TPSA) is 69.6 Å². The summed E-state index contributed by atoms with van der Waals surface area (Å²) in [5.74, 6) is -0.782. The first-order valence-corrected chi connectivity index (χ1v) is 7.53. The summed E-state index contributed by atoms with van der Waals surface area (Å²) >= 11 is 2.19. The zero-order valence-corrected chi connectivity index (χ0v) is 13.4. The van der Waals surface area contributed by atoms with Crippen molar-refractivity contribution >= 4 is 40.3 Å². The molecule has 1 aliphatic heterocycles. The van der Waals surface area contributed by atoms with Crippen molar-refractivity contribution < 1.29 is 14.7 Å². The molecular weight excluding hydrogens is 371 g/mol. The highest BCUT2D eigenvalue weighted by Gasteiger charge is 2.38. The fourth-order valence-electron chi connectivity index (χ4n) is 2.19. The molecule has 6 heteroatoms. The number of amides is 2. The number of hydrogen-bond donors (Lipinski definition) is 2. The number of halogens is 1. The maximum Gasteiger partial charge on any atom is 0.321 e. The van der Waals surface area contributed by atoms with Crippen molar-refractivity contribution in [3.63, 3.8) is 0 Å². The van der Waals surface area contributed by atoms with Crippen LogP contribution in [0, 0.1) is 8.99 Å². The van der Waals surface area contributed by atoms with Gasteiger partial charge in [0.25, 0.3) is 0 Å². The highest BCUT2D eigenvalue weighted by Crippen LogP contribution is 2.31. The molecule has 1 saturated heterocycles. The smallest absolute Gasteiger partial charge is 0.321 e. The van der Waals surface area contributed by atoms with Gasteiger partial charge >= 0.3 is 12.0 Å². The molecular formula is C14H17IN2O3. The molecule has 2 N–H and O–H groups in total. The average molecular weight is 388 g/mol. The Morgan fingerprint density at radius 3 is 2.55 bits per heavy atom. The molecule has 0 unspecified atom stereocenters. The second kappa shape index (κ2) is 5.99. The predicted molar refractivity (Wildman–Crippen MR) is 84.7 cm³/mol. The number of anilines is 1. The molecule has 1 aromatic carbocycles. The van der Waals surface area contributed by atoms with Gasteiger partial charge < -0.3 is 15.3 Å². The Balaban J connectivity index is 1.94. The number of carboxylic acids is 1. The van der Waals surface area contributed by atoms with Crippen LogP contribution in [0.1, 0.15) is 19.8 Å². The highest BCUT2D eigenvalue weighted by molar-refractivity contribution is 14.1. The lowest BCUT2D eigenvalue weighted by atomic mass is 9.80. The van der Waals surface area contributed by atoms with E-state index in [9.17, 15) is 9.59 Å². The van der Waals surface area contributed by atoms with Crippen LogP contribution in [0.4, 0.5) is 10.5 Å². The second-order valence-electron chi connectivity index (χ2n) is 5.29. The third-order valence-electron chi connectivity index (χ3n) is 3.75. The van der Waals surface area contributed by atoms with Crippen LogP contribution in [0.25, 0.3) is 0 Å². The minimum absolute atomic E-state index is 0.167. The Hall–Kier alpha value is -1.31. The Kier molecular flexibility index (Phi) is 4.52. The first-order chi connectivity index (χ1) is 9.40. The van der Waals surface area contributed by atoms with Crippen LogP contribution >= 0.6 is 22.6 Å². The number of rotatable bonds is 2. The standard InChI is InChI=1S/C14H17IN2O3/c1-14(12(18)19)5-7-17(8-6-14)13(20)16-11-4-2-3-10(15)9-11/h2-4,9H,5-8H2,1H3,(H,16,20)(H,18,19). The van der Waals surface area contributed by atoms with Crippen molar-refractivity contribution in [2.45, 2.75) is 19.8 Å². The van der Waals surface area contributed by atoms with E-state index in [1.54, 1.807) is 11.8 Å². The molecule has 0 radical (unpaired) electrons. The normalized spacial score (nSPS) is 17.6. The van der Waals surface area contributed by atoms with Crippen molar-refractivity contribution in [1.29, 1.82) is 0 Å². The summed E-state index contributed by atoms with van der Waals surface area (Å²) in [4.78, 5) is 25.0. The number of urea groups is 1. The first-order valence-electron chi connectivity index (χ1n) is 6.46. The third kappa shape index (κ3) is 3.41. The molecule has 2 amide bonds. The number of carboxylic acid groups (broad SMARTS) is 1. The molecule has 0 aromatic heterocycles. The lowest BCUT2D eigenvalue weighted by molar-refractivity contribution is -0.150. The number of nitrogens with zero attached hydrogens (tertiary/aromatic N) is 1. The fraction of sp³-hybridized carbons (Fsp3) is 0.429. The number of aliphatic carboxylic acids is 1. The largest absolute Gasteiger partial charge is 0.481 e. The first kappa shape index (κ1) is 15.1. The molecule has 5 nitrogen and oxygen atoms in total. The summed E-state index contributed by atoms with van der Waals surface area (Å²) in [6, 6.07) is 7.40. The van der Waals surface area contributed by atoms with Crippen LogP contribution < -0.4 is 5.32 Å². The Labute approximate surface area is 131 Å². The van der Waals surface area contributed by atoms with Gasteiger partial charge in [-0.05, 0) is 60.6 Å². The Morgan fingerprint density at radius 1 is 1.35 bits per heavy atom. The molecule has 1 heterocycles. The fourth-order valence-corrected chi connectivity index (χ4v) is 2.73. The van der Waals surface area contributed by atoms with E-state index < -0.39 is 11.4 Å². The third-order valence-corrected chi connectivity index (χ3v) is 4.42. The second-order valence-corrected chi connectivity index (χ2v) is 6.54. The number of hydrogen-bond acceptors (Lipinski definition) is 2. The lowest BCUT2D eigenvalue weighted by Crippen LogP contribution is -2.46. The Morgan fingerprint density at radius 2 is 2.00 bits per heavy atom. The van der Waals surface area contributed by atoms with E-state index in [4.69, 9.17) is 5.11 Å². The van der Waals surface area contributed by atoms with Crippen molar-refractivity contribution in [2.24, 2.45) is 5.41 Å². The van der Waals surface area contributed by atoms with Crippen molar-refractivity contribution in [1.82, 2.24) is 4.90 Å². The van der Waals surface area contributed by atoms with Gasteiger partial charge in [0.2, 0.25) is 0 Å². The van der Waals surface area contributed by atoms with Gasteiger partial charge in [-0.2, -0.15) is 0 Å². The number of carbonyl (C=O) groups excluding carboxylic acids is 1. The number of benzene rings is 1. The van der Waals surface area contributed by atoms with Crippen LogP contribution in [-0.4, -0.2) is 35.1 Å².